The Morgan fingerprint density at radius 2 is 1.69 bits per heavy atom. The third-order valence-electron chi connectivity index (χ3n) is 5.17. The van der Waals surface area contributed by atoms with Gasteiger partial charge in [0.05, 0.1) is 6.61 Å². The lowest BCUT2D eigenvalue weighted by Crippen LogP contribution is -2.21. The standard InChI is InChI=1S/C24H38O5/c1-3-4-5-6-10-13-22(16-17-23(25)26)29-24(27)28-19-18-20(2)14-15-21-11-8-7-9-12-21/h7-9,11-12,20,22H,3-6,10,13-19H2,1-2H3,(H,25,26). The zero-order chi connectivity index (χ0) is 21.3. The van der Waals surface area contributed by atoms with Gasteiger partial charge < -0.3 is 14.6 Å². The monoisotopic (exact) mass is 406 g/mol. The molecular weight excluding hydrogens is 368 g/mol. The number of aliphatic carboxylic acids is 1. The molecule has 5 heteroatoms. The van der Waals surface area contributed by atoms with Crippen LogP contribution in [-0.4, -0.2) is 29.9 Å². The lowest BCUT2D eigenvalue weighted by atomic mass is 9.99. The van der Waals surface area contributed by atoms with Gasteiger partial charge in [0.1, 0.15) is 6.10 Å². The molecule has 0 amide bonds. The van der Waals surface area contributed by atoms with Crippen molar-refractivity contribution in [1.29, 1.82) is 0 Å². The van der Waals surface area contributed by atoms with Gasteiger partial charge in [-0.15, -0.1) is 0 Å². The summed E-state index contributed by atoms with van der Waals surface area (Å²) in [5.74, 6) is -0.422. The largest absolute Gasteiger partial charge is 0.508 e. The number of rotatable bonds is 16. The van der Waals surface area contributed by atoms with Crippen LogP contribution in [0.1, 0.15) is 83.6 Å². The molecule has 0 bridgehead atoms. The molecule has 5 nitrogen and oxygen atoms in total. The van der Waals surface area contributed by atoms with Crippen molar-refractivity contribution in [3.8, 4) is 0 Å². The van der Waals surface area contributed by atoms with Crippen molar-refractivity contribution in [3.05, 3.63) is 35.9 Å². The Labute approximate surface area is 175 Å². The number of hydrogen-bond acceptors (Lipinski definition) is 4. The summed E-state index contributed by atoms with van der Waals surface area (Å²) < 4.78 is 10.6. The number of benzene rings is 1. The number of carbonyl (C=O) groups excluding carboxylic acids is 1. The van der Waals surface area contributed by atoms with E-state index in [4.69, 9.17) is 14.6 Å². The highest BCUT2D eigenvalue weighted by atomic mass is 16.7. The minimum atomic E-state index is -0.870. The molecule has 2 unspecified atom stereocenters. The summed E-state index contributed by atoms with van der Waals surface area (Å²) in [7, 11) is 0. The summed E-state index contributed by atoms with van der Waals surface area (Å²) in [5.41, 5.74) is 1.32. The Hall–Kier alpha value is -2.04. The van der Waals surface area contributed by atoms with Crippen molar-refractivity contribution < 1.29 is 24.2 Å². The Morgan fingerprint density at radius 3 is 2.38 bits per heavy atom. The van der Waals surface area contributed by atoms with Crippen LogP contribution in [0.5, 0.6) is 0 Å². The smallest absolute Gasteiger partial charge is 0.481 e. The molecule has 164 valence electrons. The van der Waals surface area contributed by atoms with E-state index in [0.29, 0.717) is 25.4 Å². The fourth-order valence-corrected chi connectivity index (χ4v) is 3.24. The SMILES string of the molecule is CCCCCCCC(CCC(=O)O)OC(=O)OCCC(C)CCc1ccccc1. The maximum atomic E-state index is 12.0. The van der Waals surface area contributed by atoms with Crippen molar-refractivity contribution in [2.75, 3.05) is 6.61 Å². The maximum absolute atomic E-state index is 12.0. The van der Waals surface area contributed by atoms with Crippen LogP contribution >= 0.6 is 0 Å². The second-order valence-corrected chi connectivity index (χ2v) is 7.89. The molecule has 0 aromatic heterocycles. The minimum absolute atomic E-state index is 0.00340. The lowest BCUT2D eigenvalue weighted by molar-refractivity contribution is -0.137. The molecule has 0 spiro atoms. The average Bonchev–Trinajstić information content (AvgIpc) is 2.70. The number of carbonyl (C=O) groups is 2. The predicted molar refractivity (Wildman–Crippen MR) is 115 cm³/mol. The number of carboxylic acid groups (broad SMARTS) is 1. The zero-order valence-electron chi connectivity index (χ0n) is 18.1. The Morgan fingerprint density at radius 1 is 0.966 bits per heavy atom. The van der Waals surface area contributed by atoms with Gasteiger partial charge in [-0.2, -0.15) is 0 Å². The molecule has 0 aliphatic carbocycles. The summed E-state index contributed by atoms with van der Waals surface area (Å²) in [6.45, 7) is 4.65. The third-order valence-corrected chi connectivity index (χ3v) is 5.17. The number of hydrogen-bond donors (Lipinski definition) is 1. The second kappa shape index (κ2) is 15.8. The second-order valence-electron chi connectivity index (χ2n) is 7.89. The molecule has 1 aromatic carbocycles. The maximum Gasteiger partial charge on any atom is 0.508 e. The van der Waals surface area contributed by atoms with Crippen LogP contribution in [-0.2, 0) is 20.7 Å². The van der Waals surface area contributed by atoms with Gasteiger partial charge in [-0.3, -0.25) is 4.79 Å². The molecule has 1 rings (SSSR count). The van der Waals surface area contributed by atoms with Crippen LogP contribution < -0.4 is 0 Å². The van der Waals surface area contributed by atoms with E-state index in [-0.39, 0.29) is 12.5 Å². The van der Waals surface area contributed by atoms with Crippen LogP contribution in [0.2, 0.25) is 0 Å². The fourth-order valence-electron chi connectivity index (χ4n) is 3.24. The lowest BCUT2D eigenvalue weighted by Gasteiger charge is -2.17. The molecule has 0 heterocycles. The van der Waals surface area contributed by atoms with Gasteiger partial charge in [-0.1, -0.05) is 69.9 Å². The van der Waals surface area contributed by atoms with Crippen molar-refractivity contribution >= 4 is 12.1 Å². The Balaban J connectivity index is 2.24. The van der Waals surface area contributed by atoms with E-state index in [9.17, 15) is 9.59 Å². The van der Waals surface area contributed by atoms with Gasteiger partial charge in [0.25, 0.3) is 0 Å². The average molecular weight is 407 g/mol. The van der Waals surface area contributed by atoms with E-state index in [2.05, 4.69) is 26.0 Å². The molecule has 0 saturated heterocycles. The van der Waals surface area contributed by atoms with Gasteiger partial charge in [-0.25, -0.2) is 4.79 Å². The molecule has 0 saturated carbocycles. The van der Waals surface area contributed by atoms with Crippen molar-refractivity contribution in [3.63, 3.8) is 0 Å². The molecule has 29 heavy (non-hydrogen) atoms. The van der Waals surface area contributed by atoms with Crippen LogP contribution in [0.15, 0.2) is 30.3 Å². The predicted octanol–water partition coefficient (Wildman–Crippen LogP) is 6.39. The summed E-state index contributed by atoms with van der Waals surface area (Å²) in [6.07, 6.45) is 8.38. The van der Waals surface area contributed by atoms with Crippen LogP contribution in [0.3, 0.4) is 0 Å². The van der Waals surface area contributed by atoms with Crippen molar-refractivity contribution in [2.24, 2.45) is 5.92 Å². The van der Waals surface area contributed by atoms with Gasteiger partial charge in [0.2, 0.25) is 0 Å². The van der Waals surface area contributed by atoms with E-state index in [1.165, 1.54) is 18.4 Å². The fraction of sp³-hybridized carbons (Fsp3) is 0.667. The molecular formula is C24H38O5. The van der Waals surface area contributed by atoms with Gasteiger partial charge in [-0.05, 0) is 50.0 Å². The number of ether oxygens (including phenoxy) is 2. The molecule has 0 radical (unpaired) electrons. The van der Waals surface area contributed by atoms with Crippen LogP contribution in [0, 0.1) is 5.92 Å². The van der Waals surface area contributed by atoms with Gasteiger partial charge in [0.15, 0.2) is 0 Å². The summed E-state index contributed by atoms with van der Waals surface area (Å²) in [5, 5.41) is 8.90. The van der Waals surface area contributed by atoms with Crippen LogP contribution in [0.25, 0.3) is 0 Å². The number of aryl methyl sites for hydroxylation is 1. The molecule has 0 aliphatic heterocycles. The van der Waals surface area contributed by atoms with Gasteiger partial charge in [0, 0.05) is 6.42 Å². The van der Waals surface area contributed by atoms with E-state index >= 15 is 0 Å². The topological polar surface area (TPSA) is 72.8 Å². The first-order valence-corrected chi connectivity index (χ1v) is 11.1. The molecule has 0 aliphatic rings. The van der Waals surface area contributed by atoms with E-state index in [1.54, 1.807) is 0 Å². The highest BCUT2D eigenvalue weighted by Crippen LogP contribution is 2.16. The zero-order valence-corrected chi connectivity index (χ0v) is 18.1. The number of unbranched alkanes of at least 4 members (excludes halogenated alkanes) is 4. The molecule has 0 fully saturated rings. The van der Waals surface area contributed by atoms with Crippen LogP contribution in [0.4, 0.5) is 4.79 Å². The first-order valence-electron chi connectivity index (χ1n) is 11.1. The minimum Gasteiger partial charge on any atom is -0.481 e. The quantitative estimate of drug-likeness (QED) is 0.254. The van der Waals surface area contributed by atoms with Crippen molar-refractivity contribution in [1.82, 2.24) is 0 Å². The summed E-state index contributed by atoms with van der Waals surface area (Å²) >= 11 is 0. The first kappa shape index (κ1) is 25.0. The summed E-state index contributed by atoms with van der Waals surface area (Å²) in [6, 6.07) is 10.4. The van der Waals surface area contributed by atoms with E-state index < -0.39 is 12.1 Å². The van der Waals surface area contributed by atoms with E-state index in [0.717, 1.165) is 38.5 Å². The first-order chi connectivity index (χ1) is 14.0. The molecule has 1 aromatic rings. The van der Waals surface area contributed by atoms with Gasteiger partial charge >= 0.3 is 12.1 Å². The Kier molecular flexibility index (Phi) is 13.6. The molecule has 2 atom stereocenters. The normalized spacial score (nSPS) is 12.9. The third kappa shape index (κ3) is 13.7. The highest BCUT2D eigenvalue weighted by Gasteiger charge is 2.17. The van der Waals surface area contributed by atoms with Crippen molar-refractivity contribution in [2.45, 2.75) is 90.6 Å². The van der Waals surface area contributed by atoms with E-state index in [1.807, 2.05) is 18.2 Å². The Bertz CT molecular complexity index is 558. The summed E-state index contributed by atoms with van der Waals surface area (Å²) in [4.78, 5) is 22.8. The highest BCUT2D eigenvalue weighted by molar-refractivity contribution is 5.66. The molecule has 1 N–H and O–H groups in total. The number of carboxylic acids is 1.